The van der Waals surface area contributed by atoms with Crippen molar-refractivity contribution < 1.29 is 14.3 Å². The van der Waals surface area contributed by atoms with E-state index >= 15 is 0 Å². The van der Waals surface area contributed by atoms with Gasteiger partial charge in [0.05, 0.1) is 12.2 Å². The van der Waals surface area contributed by atoms with E-state index in [-0.39, 0.29) is 17.8 Å². The van der Waals surface area contributed by atoms with E-state index in [1.54, 1.807) is 11.3 Å². The van der Waals surface area contributed by atoms with Crippen LogP contribution in [0.1, 0.15) is 74.2 Å². The minimum absolute atomic E-state index is 0.00645. The zero-order chi connectivity index (χ0) is 17.7. The summed E-state index contributed by atoms with van der Waals surface area (Å²) in [5.41, 5.74) is 1.70. The fraction of sp³-hybridized carbons (Fsp3) is 0.684. The number of carbonyl (C=O) groups is 2. The summed E-state index contributed by atoms with van der Waals surface area (Å²) in [7, 11) is 0. The van der Waals surface area contributed by atoms with Crippen LogP contribution in [0.2, 0.25) is 0 Å². The number of esters is 1. The van der Waals surface area contributed by atoms with Gasteiger partial charge in [0.2, 0.25) is 5.91 Å². The number of rotatable bonds is 7. The number of nitrogens with one attached hydrogen (secondary N) is 1. The molecule has 24 heavy (non-hydrogen) atoms. The number of thiophene rings is 1. The van der Waals surface area contributed by atoms with Gasteiger partial charge in [0.15, 0.2) is 0 Å². The minimum Gasteiger partial charge on any atom is -0.462 e. The van der Waals surface area contributed by atoms with Gasteiger partial charge in [0.25, 0.3) is 0 Å². The lowest BCUT2D eigenvalue weighted by Crippen LogP contribution is -2.21. The lowest BCUT2D eigenvalue weighted by atomic mass is 9.85. The first-order chi connectivity index (χ1) is 11.5. The molecule has 0 radical (unpaired) electrons. The largest absolute Gasteiger partial charge is 0.462 e. The lowest BCUT2D eigenvalue weighted by molar-refractivity contribution is -0.119. The smallest absolute Gasteiger partial charge is 0.341 e. The standard InChI is InChI=1S/C19H29NO3S/c1-5-8-12(4)17(21)20-18-16(19(22)23-7-3)14-10-9-13(6-2)11-15(14)24-18/h12-13H,5-11H2,1-4H3,(H,20,21)/t12-,13-/m1/s1. The van der Waals surface area contributed by atoms with Gasteiger partial charge in [-0.15, -0.1) is 11.3 Å². The Kier molecular flexibility index (Phi) is 6.84. The highest BCUT2D eigenvalue weighted by Crippen LogP contribution is 2.41. The van der Waals surface area contributed by atoms with Crippen molar-refractivity contribution >= 4 is 28.2 Å². The van der Waals surface area contributed by atoms with Crippen molar-refractivity contribution in [2.24, 2.45) is 11.8 Å². The van der Waals surface area contributed by atoms with E-state index in [0.717, 1.165) is 44.1 Å². The molecule has 1 amide bonds. The van der Waals surface area contributed by atoms with Gasteiger partial charge in [-0.1, -0.05) is 33.6 Å². The van der Waals surface area contributed by atoms with Crippen LogP contribution in [0.3, 0.4) is 0 Å². The van der Waals surface area contributed by atoms with Gasteiger partial charge in [-0.05, 0) is 44.1 Å². The highest BCUT2D eigenvalue weighted by atomic mass is 32.1. The van der Waals surface area contributed by atoms with Crippen LogP contribution >= 0.6 is 11.3 Å². The summed E-state index contributed by atoms with van der Waals surface area (Å²) in [6.07, 6.45) is 5.98. The van der Waals surface area contributed by atoms with Crippen LogP contribution in [0.4, 0.5) is 5.00 Å². The Morgan fingerprint density at radius 3 is 2.71 bits per heavy atom. The van der Waals surface area contributed by atoms with Crippen molar-refractivity contribution in [3.63, 3.8) is 0 Å². The first-order valence-corrected chi connectivity index (χ1v) is 9.95. The fourth-order valence-electron chi connectivity index (χ4n) is 3.31. The van der Waals surface area contributed by atoms with Crippen molar-refractivity contribution in [2.75, 3.05) is 11.9 Å². The molecule has 0 aromatic carbocycles. The lowest BCUT2D eigenvalue weighted by Gasteiger charge is -2.21. The third-order valence-corrected chi connectivity index (χ3v) is 6.00. The first kappa shape index (κ1) is 19.0. The summed E-state index contributed by atoms with van der Waals surface area (Å²) in [5, 5.41) is 3.69. The van der Waals surface area contributed by atoms with Gasteiger partial charge in [-0.25, -0.2) is 4.79 Å². The van der Waals surface area contributed by atoms with Gasteiger partial charge >= 0.3 is 5.97 Å². The van der Waals surface area contributed by atoms with E-state index in [2.05, 4.69) is 19.2 Å². The summed E-state index contributed by atoms with van der Waals surface area (Å²) < 4.78 is 5.25. The molecule has 0 fully saturated rings. The second-order valence-electron chi connectivity index (χ2n) is 6.62. The molecule has 1 heterocycles. The van der Waals surface area contributed by atoms with E-state index in [1.807, 2.05) is 13.8 Å². The molecule has 1 aromatic heterocycles. The van der Waals surface area contributed by atoms with Crippen molar-refractivity contribution in [2.45, 2.75) is 66.2 Å². The molecular formula is C19H29NO3S. The molecule has 2 atom stereocenters. The molecule has 0 bridgehead atoms. The third-order valence-electron chi connectivity index (χ3n) is 4.83. The molecule has 0 spiro atoms. The Morgan fingerprint density at radius 2 is 2.08 bits per heavy atom. The molecule has 1 aromatic rings. The molecule has 4 nitrogen and oxygen atoms in total. The number of amides is 1. The fourth-order valence-corrected chi connectivity index (χ4v) is 4.66. The average molecular weight is 352 g/mol. The van der Waals surface area contributed by atoms with Crippen LogP contribution in [0.25, 0.3) is 0 Å². The summed E-state index contributed by atoms with van der Waals surface area (Å²) in [5.74, 6) is 0.317. The number of anilines is 1. The van der Waals surface area contributed by atoms with Gasteiger partial charge in [-0.2, -0.15) is 0 Å². The zero-order valence-electron chi connectivity index (χ0n) is 15.2. The van der Waals surface area contributed by atoms with Gasteiger partial charge < -0.3 is 10.1 Å². The van der Waals surface area contributed by atoms with Crippen LogP contribution in [0.5, 0.6) is 0 Å². The molecule has 2 rings (SSSR count). The van der Waals surface area contributed by atoms with E-state index < -0.39 is 0 Å². The second kappa shape index (κ2) is 8.65. The Morgan fingerprint density at radius 1 is 1.33 bits per heavy atom. The zero-order valence-corrected chi connectivity index (χ0v) is 16.1. The molecule has 1 N–H and O–H groups in total. The highest BCUT2D eigenvalue weighted by molar-refractivity contribution is 7.17. The van der Waals surface area contributed by atoms with Gasteiger partial charge in [0.1, 0.15) is 5.00 Å². The molecule has 1 aliphatic rings. The number of hydrogen-bond acceptors (Lipinski definition) is 4. The summed E-state index contributed by atoms with van der Waals surface area (Å²) in [6.45, 7) is 8.38. The number of carbonyl (C=O) groups excluding carboxylic acids is 2. The Labute approximate surface area is 149 Å². The highest BCUT2D eigenvalue weighted by Gasteiger charge is 2.30. The molecule has 134 valence electrons. The Hall–Kier alpha value is -1.36. The van der Waals surface area contributed by atoms with Gasteiger partial charge in [-0.3, -0.25) is 4.79 Å². The summed E-state index contributed by atoms with van der Waals surface area (Å²) in [6, 6.07) is 0. The maximum atomic E-state index is 12.5. The number of ether oxygens (including phenoxy) is 1. The molecule has 0 saturated carbocycles. The van der Waals surface area contributed by atoms with Crippen LogP contribution in [-0.4, -0.2) is 18.5 Å². The SMILES string of the molecule is CCC[C@@H](C)C(=O)Nc1sc2c(c1C(=O)OCC)CC[C@@H](CC)C2. The van der Waals surface area contributed by atoms with Crippen LogP contribution < -0.4 is 5.32 Å². The maximum absolute atomic E-state index is 12.5. The van der Waals surface area contributed by atoms with Crippen molar-refractivity contribution in [3.8, 4) is 0 Å². The summed E-state index contributed by atoms with van der Waals surface area (Å²) in [4.78, 5) is 26.1. The van der Waals surface area contributed by atoms with E-state index in [0.29, 0.717) is 23.1 Å². The normalized spacial score (nSPS) is 17.9. The van der Waals surface area contributed by atoms with E-state index in [9.17, 15) is 9.59 Å². The van der Waals surface area contributed by atoms with Crippen molar-refractivity contribution in [1.29, 1.82) is 0 Å². The molecule has 0 unspecified atom stereocenters. The summed E-state index contributed by atoms with van der Waals surface area (Å²) >= 11 is 1.57. The quantitative estimate of drug-likeness (QED) is 0.717. The van der Waals surface area contributed by atoms with Crippen molar-refractivity contribution in [3.05, 3.63) is 16.0 Å². The van der Waals surface area contributed by atoms with Crippen LogP contribution in [0.15, 0.2) is 0 Å². The molecule has 1 aliphatic carbocycles. The van der Waals surface area contributed by atoms with Gasteiger partial charge in [0, 0.05) is 10.8 Å². The van der Waals surface area contributed by atoms with E-state index in [4.69, 9.17) is 4.74 Å². The first-order valence-electron chi connectivity index (χ1n) is 9.14. The third kappa shape index (κ3) is 4.18. The van der Waals surface area contributed by atoms with Crippen LogP contribution in [0, 0.1) is 11.8 Å². The molecule has 5 heteroatoms. The Balaban J connectivity index is 2.30. The van der Waals surface area contributed by atoms with E-state index in [1.165, 1.54) is 4.88 Å². The van der Waals surface area contributed by atoms with Crippen LogP contribution in [-0.2, 0) is 22.4 Å². The predicted octanol–water partition coefficient (Wildman–Crippen LogP) is 4.81. The van der Waals surface area contributed by atoms with Crippen molar-refractivity contribution in [1.82, 2.24) is 0 Å². The number of fused-ring (bicyclic) bond motifs is 1. The molecule has 0 aliphatic heterocycles. The maximum Gasteiger partial charge on any atom is 0.341 e. The predicted molar refractivity (Wildman–Crippen MR) is 98.8 cm³/mol. The molecule has 0 saturated heterocycles. The number of hydrogen-bond donors (Lipinski definition) is 1. The monoisotopic (exact) mass is 351 g/mol. The average Bonchev–Trinajstić information content (AvgIpc) is 2.91. The second-order valence-corrected chi connectivity index (χ2v) is 7.73. The Bertz CT molecular complexity index is 594. The topological polar surface area (TPSA) is 55.4 Å². The minimum atomic E-state index is -0.302. The molecular weight excluding hydrogens is 322 g/mol.